The van der Waals surface area contributed by atoms with Crippen LogP contribution in [0.1, 0.15) is 5.56 Å². The van der Waals surface area contributed by atoms with Gasteiger partial charge in [0.2, 0.25) is 5.91 Å². The topological polar surface area (TPSA) is 29.1 Å². The lowest BCUT2D eigenvalue weighted by Gasteiger charge is -2.06. The van der Waals surface area contributed by atoms with Crippen LogP contribution in [0.2, 0.25) is 0 Å². The number of hydrogen-bond donors (Lipinski definition) is 1. The van der Waals surface area contributed by atoms with Crippen LogP contribution in [0.3, 0.4) is 0 Å². The summed E-state index contributed by atoms with van der Waals surface area (Å²) in [6.07, 6.45) is 0.0469. The molecule has 0 aliphatic carbocycles. The number of rotatable bonds is 5. The quantitative estimate of drug-likeness (QED) is 0.833. The Bertz CT molecular complexity index is 617. The lowest BCUT2D eigenvalue weighted by atomic mass is 10.1. The monoisotopic (exact) mass is 311 g/mol. The van der Waals surface area contributed by atoms with Crippen molar-refractivity contribution in [3.8, 4) is 0 Å². The largest absolute Gasteiger partial charge is 0.326 e. The Kier molecular flexibility index (Phi) is 5.27. The van der Waals surface area contributed by atoms with Crippen molar-refractivity contribution in [3.63, 3.8) is 0 Å². The van der Waals surface area contributed by atoms with Gasteiger partial charge in [-0.2, -0.15) is 8.78 Å². The van der Waals surface area contributed by atoms with Gasteiger partial charge in [-0.25, -0.2) is 4.39 Å². The van der Waals surface area contributed by atoms with Crippen molar-refractivity contribution in [1.29, 1.82) is 0 Å². The maximum atomic E-state index is 13.0. The van der Waals surface area contributed by atoms with Crippen LogP contribution in [0.4, 0.5) is 18.9 Å². The smallest absolute Gasteiger partial charge is 0.288 e. The van der Waals surface area contributed by atoms with Crippen LogP contribution in [0, 0.1) is 5.82 Å². The third-order valence-electron chi connectivity index (χ3n) is 2.62. The van der Waals surface area contributed by atoms with Crippen LogP contribution in [-0.4, -0.2) is 11.7 Å². The fraction of sp³-hybridized carbons (Fsp3) is 0.133. The molecule has 0 unspecified atom stereocenters. The molecule has 0 bridgehead atoms. The first-order valence-electron chi connectivity index (χ1n) is 6.12. The van der Waals surface area contributed by atoms with Crippen molar-refractivity contribution in [1.82, 2.24) is 0 Å². The Balaban J connectivity index is 1.93. The number of halogens is 3. The molecular formula is C15H12F3NOS. The molecule has 0 saturated carbocycles. The molecule has 2 aromatic carbocycles. The van der Waals surface area contributed by atoms with Gasteiger partial charge in [-0.1, -0.05) is 23.9 Å². The number of carbonyl (C=O) groups excluding carboxylic acids is 1. The molecule has 0 atom stereocenters. The minimum atomic E-state index is -2.47. The minimum absolute atomic E-state index is 0.0469. The average molecular weight is 311 g/mol. The fourth-order valence-electron chi connectivity index (χ4n) is 1.76. The van der Waals surface area contributed by atoms with Gasteiger partial charge < -0.3 is 5.32 Å². The van der Waals surface area contributed by atoms with E-state index < -0.39 is 11.6 Å². The van der Waals surface area contributed by atoms with Gasteiger partial charge in [0.1, 0.15) is 5.82 Å². The summed E-state index contributed by atoms with van der Waals surface area (Å²) in [5.74, 6) is -3.16. The summed E-state index contributed by atoms with van der Waals surface area (Å²) < 4.78 is 37.3. The first-order valence-corrected chi connectivity index (χ1v) is 7.00. The Morgan fingerprint density at radius 2 is 1.86 bits per heavy atom. The number of alkyl halides is 2. The predicted octanol–water partition coefficient (Wildman–Crippen LogP) is 4.32. The minimum Gasteiger partial charge on any atom is -0.326 e. The second-order valence-corrected chi connectivity index (χ2v) is 5.32. The van der Waals surface area contributed by atoms with Crippen LogP contribution in [0.25, 0.3) is 0 Å². The summed E-state index contributed by atoms with van der Waals surface area (Å²) in [7, 11) is 0. The average Bonchev–Trinajstić information content (AvgIpc) is 2.40. The SMILES string of the molecule is O=C(Cc1cccc(F)c1)Nc1ccc(SC(F)F)cc1. The van der Waals surface area contributed by atoms with E-state index in [2.05, 4.69) is 5.32 Å². The standard InChI is InChI=1S/C15H12F3NOS/c16-11-3-1-2-10(8-11)9-14(20)19-12-4-6-13(7-5-12)21-15(17)18/h1-8,15H,9H2,(H,19,20). The highest BCUT2D eigenvalue weighted by molar-refractivity contribution is 7.99. The summed E-state index contributed by atoms with van der Waals surface area (Å²) in [5.41, 5.74) is 1.08. The molecule has 0 spiro atoms. The van der Waals surface area contributed by atoms with Gasteiger partial charge in [-0.05, 0) is 42.0 Å². The number of thioether (sulfide) groups is 1. The maximum Gasteiger partial charge on any atom is 0.288 e. The predicted molar refractivity (Wildman–Crippen MR) is 77.0 cm³/mol. The van der Waals surface area contributed by atoms with Crippen molar-refractivity contribution in [2.24, 2.45) is 0 Å². The third-order valence-corrected chi connectivity index (χ3v) is 3.34. The molecule has 2 aromatic rings. The Morgan fingerprint density at radius 1 is 1.14 bits per heavy atom. The van der Waals surface area contributed by atoms with Gasteiger partial charge in [0.25, 0.3) is 5.76 Å². The first-order chi connectivity index (χ1) is 10.0. The van der Waals surface area contributed by atoms with Crippen molar-refractivity contribution >= 4 is 23.4 Å². The number of hydrogen-bond acceptors (Lipinski definition) is 2. The van der Waals surface area contributed by atoms with Gasteiger partial charge in [0.05, 0.1) is 6.42 Å². The van der Waals surface area contributed by atoms with E-state index in [4.69, 9.17) is 0 Å². The molecular weight excluding hydrogens is 299 g/mol. The first kappa shape index (κ1) is 15.4. The molecule has 0 heterocycles. The van der Waals surface area contributed by atoms with Crippen molar-refractivity contribution < 1.29 is 18.0 Å². The lowest BCUT2D eigenvalue weighted by molar-refractivity contribution is -0.115. The zero-order valence-electron chi connectivity index (χ0n) is 10.9. The molecule has 0 radical (unpaired) electrons. The number of benzene rings is 2. The Labute approximate surface area is 124 Å². The van der Waals surface area contributed by atoms with Gasteiger partial charge in [0, 0.05) is 10.6 Å². The van der Waals surface area contributed by atoms with E-state index in [9.17, 15) is 18.0 Å². The summed E-state index contributed by atoms with van der Waals surface area (Å²) >= 11 is 0.443. The number of anilines is 1. The second-order valence-electron chi connectivity index (χ2n) is 4.26. The Morgan fingerprint density at radius 3 is 2.48 bits per heavy atom. The molecule has 1 N–H and O–H groups in total. The highest BCUT2D eigenvalue weighted by Crippen LogP contribution is 2.26. The van der Waals surface area contributed by atoms with Gasteiger partial charge in [0.15, 0.2) is 0 Å². The lowest BCUT2D eigenvalue weighted by Crippen LogP contribution is -2.14. The van der Waals surface area contributed by atoms with E-state index in [1.807, 2.05) is 0 Å². The van der Waals surface area contributed by atoms with Crippen LogP contribution in [-0.2, 0) is 11.2 Å². The zero-order chi connectivity index (χ0) is 15.2. The second kappa shape index (κ2) is 7.17. The molecule has 1 amide bonds. The van der Waals surface area contributed by atoms with E-state index in [1.165, 1.54) is 30.3 Å². The molecule has 6 heteroatoms. The summed E-state index contributed by atoms with van der Waals surface area (Å²) in [4.78, 5) is 12.2. The van der Waals surface area contributed by atoms with Gasteiger partial charge in [-0.3, -0.25) is 4.79 Å². The van der Waals surface area contributed by atoms with Crippen molar-refractivity contribution in [2.45, 2.75) is 17.1 Å². The Hall–Kier alpha value is -1.95. The normalized spacial score (nSPS) is 10.7. The molecule has 0 fully saturated rings. The number of carbonyl (C=O) groups is 1. The van der Waals surface area contributed by atoms with E-state index >= 15 is 0 Å². The van der Waals surface area contributed by atoms with Crippen molar-refractivity contribution in [3.05, 3.63) is 59.9 Å². The van der Waals surface area contributed by atoms with Crippen LogP contribution < -0.4 is 5.32 Å². The van der Waals surface area contributed by atoms with E-state index in [-0.39, 0.29) is 12.3 Å². The molecule has 0 aromatic heterocycles. The highest BCUT2D eigenvalue weighted by Gasteiger charge is 2.07. The zero-order valence-corrected chi connectivity index (χ0v) is 11.7. The van der Waals surface area contributed by atoms with Crippen LogP contribution >= 0.6 is 11.8 Å². The van der Waals surface area contributed by atoms with E-state index in [0.717, 1.165) is 0 Å². The number of nitrogens with one attached hydrogen (secondary N) is 1. The molecule has 21 heavy (non-hydrogen) atoms. The summed E-state index contributed by atoms with van der Waals surface area (Å²) in [6.45, 7) is 0. The third kappa shape index (κ3) is 5.15. The van der Waals surface area contributed by atoms with E-state index in [1.54, 1.807) is 18.2 Å². The van der Waals surface area contributed by atoms with Crippen LogP contribution in [0.5, 0.6) is 0 Å². The fourth-order valence-corrected chi connectivity index (χ4v) is 2.26. The van der Waals surface area contributed by atoms with Gasteiger partial charge >= 0.3 is 0 Å². The molecule has 0 saturated heterocycles. The van der Waals surface area contributed by atoms with Gasteiger partial charge in [-0.15, -0.1) is 0 Å². The summed E-state index contributed by atoms with van der Waals surface area (Å²) in [5, 5.41) is 2.63. The number of amides is 1. The molecule has 2 nitrogen and oxygen atoms in total. The van der Waals surface area contributed by atoms with Crippen LogP contribution in [0.15, 0.2) is 53.4 Å². The summed E-state index contributed by atoms with van der Waals surface area (Å²) in [6, 6.07) is 11.9. The molecule has 0 aliphatic rings. The maximum absolute atomic E-state index is 13.0. The van der Waals surface area contributed by atoms with E-state index in [0.29, 0.717) is 27.9 Å². The highest BCUT2D eigenvalue weighted by atomic mass is 32.2. The van der Waals surface area contributed by atoms with Crippen molar-refractivity contribution in [2.75, 3.05) is 5.32 Å². The molecule has 0 aliphatic heterocycles. The molecule has 110 valence electrons. The molecule has 2 rings (SSSR count).